The first-order valence-corrected chi connectivity index (χ1v) is 32.7. The largest absolute Gasteiger partial charge is 0.497 e. The van der Waals surface area contributed by atoms with Crippen LogP contribution in [0.5, 0.6) is 17.2 Å². The van der Waals surface area contributed by atoms with Gasteiger partial charge in [-0.2, -0.15) is 0 Å². The van der Waals surface area contributed by atoms with Gasteiger partial charge >= 0.3 is 0 Å². The Bertz CT molecular complexity index is 3860. The summed E-state index contributed by atoms with van der Waals surface area (Å²) in [6.45, 7) is 9.25. The number of aryl methyl sites for hydroxylation is 1. The molecule has 14 nitrogen and oxygen atoms in total. The van der Waals surface area contributed by atoms with Gasteiger partial charge in [0.05, 0.1) is 37.8 Å². The van der Waals surface area contributed by atoms with E-state index >= 15 is 0 Å². The minimum absolute atomic E-state index is 0.0206. The molecule has 0 bridgehead atoms. The summed E-state index contributed by atoms with van der Waals surface area (Å²) in [5, 5.41) is 6.52. The molecule has 8 aromatic rings. The third kappa shape index (κ3) is 18.0. The molecule has 6 heterocycles. The predicted octanol–water partition coefficient (Wildman–Crippen LogP) is 13.5. The molecule has 0 spiro atoms. The molecule has 4 atom stereocenters. The summed E-state index contributed by atoms with van der Waals surface area (Å²) in [4.78, 5) is 72.6. The van der Waals surface area contributed by atoms with Gasteiger partial charge in [0.25, 0.3) is 0 Å². The maximum Gasteiger partial charge on any atom is 0.231 e. The molecule has 4 saturated heterocycles. The highest BCUT2D eigenvalue weighted by Gasteiger charge is 2.32. The van der Waals surface area contributed by atoms with Gasteiger partial charge in [0.15, 0.2) is 23.1 Å². The predicted molar refractivity (Wildman–Crippen MR) is 354 cm³/mol. The van der Waals surface area contributed by atoms with Gasteiger partial charge in [-0.1, -0.05) is 121 Å². The van der Waals surface area contributed by atoms with Crippen molar-refractivity contribution in [2.24, 2.45) is 0 Å². The van der Waals surface area contributed by atoms with Crippen LogP contribution in [0.4, 0.5) is 18.9 Å². The van der Waals surface area contributed by atoms with Crippen LogP contribution in [0.25, 0.3) is 0 Å². The second kappa shape index (κ2) is 32.0. The van der Waals surface area contributed by atoms with E-state index in [0.29, 0.717) is 72.9 Å². The van der Waals surface area contributed by atoms with E-state index in [2.05, 4.69) is 34.6 Å². The molecule has 7 aromatic carbocycles. The molecule has 0 radical (unpaired) electrons. The SMILES string of the molecule is COc1ccc(C2CCN(C(=O)Cc3ccc(NC(C)=O)cc3)C2)cc1.Cc1cccc(CC(=O)N2CCC(c3ccc4c(c3)OCO4)C2)c1F.O=C(Cc1cccc(F)c1F)N1CCC(c2ccccc2)C1.O=C(Cc1ccccc1Cl)N1CCC(c2nccs2)C1. The van der Waals surface area contributed by atoms with Crippen molar-refractivity contribution in [1.82, 2.24) is 24.6 Å². The number of likely N-dealkylation sites (tertiary alicyclic amines) is 4. The lowest BCUT2D eigenvalue weighted by molar-refractivity contribution is -0.130. The quantitative estimate of drug-likeness (QED) is 0.112. The monoisotopic (exact) mass is 1300 g/mol. The number of ether oxygens (including phenoxy) is 3. The van der Waals surface area contributed by atoms with Gasteiger partial charge in [0, 0.05) is 111 Å². The fraction of sp³-hybridized carbons (Fsp3) is 0.324. The number of rotatable bonds is 14. The number of halogens is 4. The number of fused-ring (bicyclic) bond motifs is 1. The topological polar surface area (TPSA) is 151 Å². The number of anilines is 1. The van der Waals surface area contributed by atoms with Crippen LogP contribution in [0.3, 0.4) is 0 Å². The van der Waals surface area contributed by atoms with Crippen molar-refractivity contribution in [3.05, 3.63) is 241 Å². The molecule has 484 valence electrons. The summed E-state index contributed by atoms with van der Waals surface area (Å²) < 4.78 is 56.9. The number of hydrogen-bond donors (Lipinski definition) is 1. The Morgan fingerprint density at radius 1 is 0.559 bits per heavy atom. The normalized spacial score (nSPS) is 17.8. The average Bonchev–Trinajstić information content (AvgIpc) is 2.19. The average molecular weight is 1300 g/mol. The summed E-state index contributed by atoms with van der Waals surface area (Å²) in [6, 6.07) is 48.2. The highest BCUT2D eigenvalue weighted by molar-refractivity contribution is 7.09. The summed E-state index contributed by atoms with van der Waals surface area (Å²) in [6.07, 6.45) is 6.41. The molecule has 4 unspecified atom stereocenters. The Balaban J connectivity index is 0.000000136. The van der Waals surface area contributed by atoms with E-state index in [-0.39, 0.29) is 66.5 Å². The number of benzene rings is 7. The third-order valence-corrected chi connectivity index (χ3v) is 18.9. The summed E-state index contributed by atoms with van der Waals surface area (Å²) in [5.41, 5.74) is 7.38. The minimum Gasteiger partial charge on any atom is -0.497 e. The van der Waals surface area contributed by atoms with Gasteiger partial charge in [0.2, 0.25) is 36.3 Å². The lowest BCUT2D eigenvalue weighted by atomic mass is 9.98. The van der Waals surface area contributed by atoms with Crippen LogP contribution >= 0.6 is 22.9 Å². The second-order valence-corrected chi connectivity index (χ2v) is 25.2. The number of amides is 5. The van der Waals surface area contributed by atoms with Crippen molar-refractivity contribution in [2.45, 2.75) is 88.9 Å². The zero-order valence-electron chi connectivity index (χ0n) is 52.4. The summed E-state index contributed by atoms with van der Waals surface area (Å²) in [5.74, 6) is 1.68. The molecule has 5 amide bonds. The van der Waals surface area contributed by atoms with Crippen molar-refractivity contribution in [2.75, 3.05) is 71.6 Å². The van der Waals surface area contributed by atoms with Gasteiger partial charge < -0.3 is 39.1 Å². The van der Waals surface area contributed by atoms with E-state index in [0.717, 1.165) is 103 Å². The molecule has 1 aromatic heterocycles. The third-order valence-electron chi connectivity index (χ3n) is 17.6. The number of aromatic nitrogens is 1. The number of nitrogens with one attached hydrogen (secondary N) is 1. The molecule has 19 heteroatoms. The molecule has 0 saturated carbocycles. The van der Waals surface area contributed by atoms with Gasteiger partial charge in [-0.05, 0) is 120 Å². The molecule has 4 fully saturated rings. The van der Waals surface area contributed by atoms with E-state index < -0.39 is 11.6 Å². The number of hydrogen-bond acceptors (Lipinski definition) is 10. The first-order valence-electron chi connectivity index (χ1n) is 31.4. The number of thiazole rings is 1. The smallest absolute Gasteiger partial charge is 0.231 e. The van der Waals surface area contributed by atoms with Crippen LogP contribution in [0.15, 0.2) is 169 Å². The maximum absolute atomic E-state index is 14.1. The van der Waals surface area contributed by atoms with Crippen LogP contribution in [-0.2, 0) is 49.7 Å². The van der Waals surface area contributed by atoms with Gasteiger partial charge in [-0.25, -0.2) is 18.2 Å². The Morgan fingerprint density at radius 3 is 1.66 bits per heavy atom. The van der Waals surface area contributed by atoms with Crippen LogP contribution in [0.1, 0.15) is 106 Å². The Hall–Kier alpha value is -9.00. The lowest BCUT2D eigenvalue weighted by Gasteiger charge is -2.17. The second-order valence-electron chi connectivity index (χ2n) is 23.9. The summed E-state index contributed by atoms with van der Waals surface area (Å²) >= 11 is 7.78. The van der Waals surface area contributed by atoms with Crippen LogP contribution in [-0.4, -0.2) is 120 Å². The molecule has 5 aliphatic rings. The highest BCUT2D eigenvalue weighted by atomic mass is 35.5. The lowest BCUT2D eigenvalue weighted by Crippen LogP contribution is -2.30. The Labute approximate surface area is 550 Å². The van der Waals surface area contributed by atoms with Crippen LogP contribution in [0, 0.1) is 24.4 Å². The zero-order valence-corrected chi connectivity index (χ0v) is 54.0. The first kappa shape index (κ1) is 66.9. The van der Waals surface area contributed by atoms with E-state index in [1.54, 1.807) is 48.5 Å². The molecule has 1 N–H and O–H groups in total. The van der Waals surface area contributed by atoms with E-state index in [9.17, 15) is 37.1 Å². The van der Waals surface area contributed by atoms with Crippen molar-refractivity contribution in [1.29, 1.82) is 0 Å². The fourth-order valence-corrected chi connectivity index (χ4v) is 13.3. The highest BCUT2D eigenvalue weighted by Crippen LogP contribution is 2.38. The number of nitrogens with zero attached hydrogens (tertiary/aromatic N) is 5. The molecule has 13 rings (SSSR count). The first-order chi connectivity index (χ1) is 45.0. The van der Waals surface area contributed by atoms with Gasteiger partial charge in [-0.15, -0.1) is 11.3 Å². The fourth-order valence-electron chi connectivity index (χ4n) is 12.4. The zero-order chi connectivity index (χ0) is 65.4. The van der Waals surface area contributed by atoms with Crippen molar-refractivity contribution in [3.8, 4) is 17.2 Å². The number of methoxy groups -OCH3 is 1. The van der Waals surface area contributed by atoms with Crippen LogP contribution in [0.2, 0.25) is 5.02 Å². The van der Waals surface area contributed by atoms with Crippen LogP contribution < -0.4 is 19.5 Å². The molecule has 93 heavy (non-hydrogen) atoms. The molecular weight excluding hydrogens is 1230 g/mol. The number of carbonyl (C=O) groups excluding carboxylic acids is 5. The Morgan fingerprint density at radius 2 is 1.06 bits per heavy atom. The van der Waals surface area contributed by atoms with E-state index in [4.69, 9.17) is 25.8 Å². The van der Waals surface area contributed by atoms with E-state index in [1.165, 1.54) is 30.2 Å². The molecule has 0 aliphatic carbocycles. The van der Waals surface area contributed by atoms with Gasteiger partial charge in [-0.3, -0.25) is 24.0 Å². The minimum atomic E-state index is -0.922. The van der Waals surface area contributed by atoms with Crippen molar-refractivity contribution >= 4 is 58.2 Å². The van der Waals surface area contributed by atoms with Gasteiger partial charge in [0.1, 0.15) is 11.6 Å². The number of carbonyl (C=O) groups is 5. The Kier molecular flexibility index (Phi) is 23.0. The molecule has 5 aliphatic heterocycles. The summed E-state index contributed by atoms with van der Waals surface area (Å²) in [7, 11) is 1.66. The maximum atomic E-state index is 14.1. The van der Waals surface area contributed by atoms with Crippen molar-refractivity contribution < 1.29 is 51.4 Å². The van der Waals surface area contributed by atoms with E-state index in [1.807, 2.05) is 123 Å². The van der Waals surface area contributed by atoms with Crippen molar-refractivity contribution in [3.63, 3.8) is 0 Å². The molecular formula is C74H76ClF3N6O8S. The standard InChI is InChI=1S/C21H24N2O3.C20H20FNO3.C18H17F2NO.C15H15ClN2OS/c1-15(24)22-19-7-3-16(4-8-19)13-21(25)23-12-11-18(14-23)17-5-9-20(26-2)10-6-17;1-13-3-2-4-15(20(13)21)10-19(23)22-8-7-16(11-22)14-5-6-17-18(9-14)25-12-24-17;19-16-8-4-7-14(18(16)20)11-17(22)21-10-9-15(12-21)13-5-2-1-3-6-13;16-13-4-2-1-3-11(13)9-14(19)18-7-5-12(10-18)15-17-6-8-20-15/h3-10,18H,11-14H2,1-2H3,(H,22,24);2-6,9,16H,7-8,10-12H2,1H3;1-8,15H,9-12H2;1-4,6,8,12H,5,7,9-10H2.